The van der Waals surface area contributed by atoms with Crippen LogP contribution in [0.5, 0.6) is 0 Å². The second kappa shape index (κ2) is 9.92. The average molecular weight is 324 g/mol. The van der Waals surface area contributed by atoms with Gasteiger partial charge in [0.2, 0.25) is 0 Å². The van der Waals surface area contributed by atoms with E-state index in [1.807, 2.05) is 24.3 Å². The summed E-state index contributed by atoms with van der Waals surface area (Å²) < 4.78 is 5.29. The van der Waals surface area contributed by atoms with Crippen LogP contribution in [0.4, 0.5) is 0 Å². The fraction of sp³-hybridized carbons (Fsp3) is 0.409. The maximum absolute atomic E-state index is 12.0. The number of carbonyl (C=O) groups excluding carboxylic acids is 1. The van der Waals surface area contributed by atoms with Crippen LogP contribution in [0.15, 0.2) is 48.5 Å². The van der Waals surface area contributed by atoms with Crippen molar-refractivity contribution in [3.8, 4) is 11.1 Å². The van der Waals surface area contributed by atoms with Gasteiger partial charge in [0.05, 0.1) is 12.2 Å². The van der Waals surface area contributed by atoms with Gasteiger partial charge in [-0.05, 0) is 48.1 Å². The van der Waals surface area contributed by atoms with Gasteiger partial charge in [-0.3, -0.25) is 0 Å². The van der Waals surface area contributed by atoms with Gasteiger partial charge in [-0.25, -0.2) is 4.79 Å². The molecule has 0 radical (unpaired) electrons. The smallest absolute Gasteiger partial charge is 0.338 e. The second-order valence-corrected chi connectivity index (χ2v) is 6.22. The van der Waals surface area contributed by atoms with Crippen molar-refractivity contribution in [1.29, 1.82) is 0 Å². The van der Waals surface area contributed by atoms with Gasteiger partial charge < -0.3 is 4.74 Å². The van der Waals surface area contributed by atoms with Crippen molar-refractivity contribution in [2.75, 3.05) is 6.61 Å². The molecule has 0 saturated heterocycles. The monoisotopic (exact) mass is 324 g/mol. The summed E-state index contributed by atoms with van der Waals surface area (Å²) in [4.78, 5) is 12.0. The molecule has 0 amide bonds. The van der Waals surface area contributed by atoms with Crippen molar-refractivity contribution in [2.45, 2.75) is 52.4 Å². The Morgan fingerprint density at radius 3 is 1.96 bits per heavy atom. The molecular formula is C22H28O2. The lowest BCUT2D eigenvalue weighted by atomic mass is 10.0. The Labute approximate surface area is 145 Å². The molecule has 0 aliphatic rings. The van der Waals surface area contributed by atoms with Crippen molar-refractivity contribution >= 4 is 5.97 Å². The van der Waals surface area contributed by atoms with Crippen molar-refractivity contribution in [3.63, 3.8) is 0 Å². The van der Waals surface area contributed by atoms with Crippen LogP contribution in [0.25, 0.3) is 11.1 Å². The van der Waals surface area contributed by atoms with Crippen LogP contribution in [0.3, 0.4) is 0 Å². The Hall–Kier alpha value is -2.09. The van der Waals surface area contributed by atoms with Gasteiger partial charge in [0.15, 0.2) is 0 Å². The first-order valence-electron chi connectivity index (χ1n) is 9.11. The highest BCUT2D eigenvalue weighted by molar-refractivity contribution is 5.90. The van der Waals surface area contributed by atoms with Gasteiger partial charge in [0.1, 0.15) is 0 Å². The predicted octanol–water partition coefficient (Wildman–Crippen LogP) is 6.04. The number of hydrogen-bond acceptors (Lipinski definition) is 2. The van der Waals surface area contributed by atoms with E-state index in [2.05, 4.69) is 38.1 Å². The van der Waals surface area contributed by atoms with Gasteiger partial charge in [0, 0.05) is 0 Å². The number of carbonyl (C=O) groups is 1. The maximum Gasteiger partial charge on any atom is 0.338 e. The zero-order valence-corrected chi connectivity index (χ0v) is 14.9. The number of rotatable bonds is 9. The summed E-state index contributed by atoms with van der Waals surface area (Å²) in [6.45, 7) is 4.86. The molecule has 2 aromatic rings. The number of esters is 1. The lowest BCUT2D eigenvalue weighted by Crippen LogP contribution is -2.06. The number of unbranched alkanes of at least 4 members (excludes halogenated alkanes) is 3. The van der Waals surface area contributed by atoms with Crippen LogP contribution in [0.2, 0.25) is 0 Å². The van der Waals surface area contributed by atoms with Crippen molar-refractivity contribution in [3.05, 3.63) is 59.7 Å². The first-order valence-corrected chi connectivity index (χ1v) is 9.11. The first kappa shape index (κ1) is 18.3. The highest BCUT2D eigenvalue weighted by Crippen LogP contribution is 2.21. The van der Waals surface area contributed by atoms with E-state index in [4.69, 9.17) is 4.74 Å². The van der Waals surface area contributed by atoms with Crippen LogP contribution in [0, 0.1) is 0 Å². The summed E-state index contributed by atoms with van der Waals surface area (Å²) in [5.41, 5.74) is 4.31. The summed E-state index contributed by atoms with van der Waals surface area (Å²) in [6, 6.07) is 16.4. The molecule has 0 heterocycles. The zero-order valence-electron chi connectivity index (χ0n) is 14.9. The summed E-state index contributed by atoms with van der Waals surface area (Å²) in [6.07, 6.45) is 6.75. The topological polar surface area (TPSA) is 26.3 Å². The van der Waals surface area contributed by atoms with E-state index in [1.165, 1.54) is 24.0 Å². The van der Waals surface area contributed by atoms with Gasteiger partial charge in [0.25, 0.3) is 0 Å². The molecule has 2 nitrogen and oxygen atoms in total. The summed E-state index contributed by atoms with van der Waals surface area (Å²) in [7, 11) is 0. The minimum atomic E-state index is -0.229. The normalized spacial score (nSPS) is 10.6. The van der Waals surface area contributed by atoms with E-state index < -0.39 is 0 Å². The molecular weight excluding hydrogens is 296 g/mol. The fourth-order valence-electron chi connectivity index (χ4n) is 2.64. The first-order chi connectivity index (χ1) is 11.7. The van der Waals surface area contributed by atoms with Crippen LogP contribution >= 0.6 is 0 Å². The van der Waals surface area contributed by atoms with E-state index in [0.717, 1.165) is 31.2 Å². The fourth-order valence-corrected chi connectivity index (χ4v) is 2.64. The van der Waals surface area contributed by atoms with Crippen LogP contribution in [-0.2, 0) is 11.2 Å². The molecule has 2 heteroatoms. The Morgan fingerprint density at radius 1 is 0.792 bits per heavy atom. The molecule has 0 fully saturated rings. The van der Waals surface area contributed by atoms with Crippen LogP contribution in [0.1, 0.15) is 61.9 Å². The van der Waals surface area contributed by atoms with E-state index in [0.29, 0.717) is 12.2 Å². The Morgan fingerprint density at radius 2 is 1.38 bits per heavy atom. The largest absolute Gasteiger partial charge is 0.462 e. The molecule has 2 rings (SSSR count). The van der Waals surface area contributed by atoms with E-state index >= 15 is 0 Å². The number of benzene rings is 2. The number of ether oxygens (including phenoxy) is 1. The third kappa shape index (κ3) is 5.52. The Balaban J connectivity index is 1.94. The second-order valence-electron chi connectivity index (χ2n) is 6.22. The Kier molecular flexibility index (Phi) is 7.54. The average Bonchev–Trinajstić information content (AvgIpc) is 2.64. The van der Waals surface area contributed by atoms with Gasteiger partial charge in [-0.1, -0.05) is 69.5 Å². The molecule has 0 spiro atoms. The maximum atomic E-state index is 12.0. The molecule has 0 atom stereocenters. The molecule has 0 N–H and O–H groups in total. The molecule has 2 aromatic carbocycles. The summed E-state index contributed by atoms with van der Waals surface area (Å²) in [5, 5.41) is 0. The highest BCUT2D eigenvalue weighted by Gasteiger charge is 2.07. The van der Waals surface area contributed by atoms with Crippen LogP contribution in [-0.4, -0.2) is 12.6 Å². The van der Waals surface area contributed by atoms with Crippen molar-refractivity contribution in [1.82, 2.24) is 0 Å². The molecule has 128 valence electrons. The van der Waals surface area contributed by atoms with Gasteiger partial charge >= 0.3 is 5.97 Å². The highest BCUT2D eigenvalue weighted by atomic mass is 16.5. The van der Waals surface area contributed by atoms with Crippen molar-refractivity contribution < 1.29 is 9.53 Å². The molecule has 0 bridgehead atoms. The molecule has 0 aliphatic carbocycles. The summed E-state index contributed by atoms with van der Waals surface area (Å²) in [5.74, 6) is -0.229. The predicted molar refractivity (Wildman–Crippen MR) is 100 cm³/mol. The van der Waals surface area contributed by atoms with E-state index in [1.54, 1.807) is 0 Å². The molecule has 0 saturated carbocycles. The van der Waals surface area contributed by atoms with Crippen molar-refractivity contribution in [2.24, 2.45) is 0 Å². The standard InChI is InChI=1S/C22H28O2/c1-3-5-7-17-24-22(23)21-15-13-20(14-16-21)19-11-9-18(10-12-19)8-6-4-2/h9-16H,3-8,17H2,1-2H3. The van der Waals surface area contributed by atoms with Gasteiger partial charge in [-0.2, -0.15) is 0 Å². The number of aryl methyl sites for hydroxylation is 1. The van der Waals surface area contributed by atoms with E-state index in [-0.39, 0.29) is 5.97 Å². The lowest BCUT2D eigenvalue weighted by Gasteiger charge is -2.07. The Bertz CT molecular complexity index is 611. The van der Waals surface area contributed by atoms with Crippen LogP contribution < -0.4 is 0 Å². The molecule has 0 unspecified atom stereocenters. The molecule has 0 aliphatic heterocycles. The summed E-state index contributed by atoms with van der Waals surface area (Å²) >= 11 is 0. The quantitative estimate of drug-likeness (QED) is 0.415. The zero-order chi connectivity index (χ0) is 17.2. The van der Waals surface area contributed by atoms with Gasteiger partial charge in [-0.15, -0.1) is 0 Å². The third-order valence-corrected chi connectivity index (χ3v) is 4.21. The van der Waals surface area contributed by atoms with E-state index in [9.17, 15) is 4.79 Å². The molecule has 0 aromatic heterocycles. The minimum absolute atomic E-state index is 0.229. The number of hydrogen-bond donors (Lipinski definition) is 0. The minimum Gasteiger partial charge on any atom is -0.462 e. The SMILES string of the molecule is CCCCCOC(=O)c1ccc(-c2ccc(CCCC)cc2)cc1. The third-order valence-electron chi connectivity index (χ3n) is 4.21. The molecule has 24 heavy (non-hydrogen) atoms. The lowest BCUT2D eigenvalue weighted by molar-refractivity contribution is 0.0498.